The standard InChI is InChI=1S/C12H17F2NO2/c1-7(2)11(16)10(15)8-5-3-4-6-9(8)17-12(13)14/h3-7,10-12,16H,15H2,1-2H3/t10-,11+/m1/s1. The highest BCUT2D eigenvalue weighted by molar-refractivity contribution is 5.36. The molecule has 0 heterocycles. The number of alkyl halides is 2. The third-order valence-electron chi connectivity index (χ3n) is 2.55. The van der Waals surface area contributed by atoms with Crippen molar-refractivity contribution in [2.45, 2.75) is 32.6 Å². The molecule has 0 aliphatic carbocycles. The van der Waals surface area contributed by atoms with Crippen LogP contribution in [0.4, 0.5) is 8.78 Å². The van der Waals surface area contributed by atoms with Gasteiger partial charge in [0.05, 0.1) is 12.1 Å². The number of aliphatic hydroxyl groups excluding tert-OH is 1. The van der Waals surface area contributed by atoms with Crippen LogP contribution in [0, 0.1) is 5.92 Å². The Kier molecular flexibility index (Phi) is 4.84. The first-order chi connectivity index (χ1) is 7.93. The molecule has 3 nitrogen and oxygen atoms in total. The van der Waals surface area contributed by atoms with Gasteiger partial charge in [-0.1, -0.05) is 32.0 Å². The van der Waals surface area contributed by atoms with Gasteiger partial charge < -0.3 is 15.6 Å². The van der Waals surface area contributed by atoms with Crippen LogP contribution in [0.25, 0.3) is 0 Å². The topological polar surface area (TPSA) is 55.5 Å². The lowest BCUT2D eigenvalue weighted by Gasteiger charge is -2.24. The normalized spacial score (nSPS) is 15.1. The number of hydrogen-bond acceptors (Lipinski definition) is 3. The van der Waals surface area contributed by atoms with Crippen molar-refractivity contribution in [1.29, 1.82) is 0 Å². The SMILES string of the molecule is CC(C)[C@H](O)[C@H](N)c1ccccc1OC(F)F. The van der Waals surface area contributed by atoms with Crippen LogP contribution in [0.5, 0.6) is 5.75 Å². The molecule has 17 heavy (non-hydrogen) atoms. The Labute approximate surface area is 99.2 Å². The summed E-state index contributed by atoms with van der Waals surface area (Å²) < 4.78 is 28.8. The van der Waals surface area contributed by atoms with Crippen LogP contribution in [0.1, 0.15) is 25.5 Å². The van der Waals surface area contributed by atoms with E-state index in [1.54, 1.807) is 32.0 Å². The maximum Gasteiger partial charge on any atom is 0.387 e. The van der Waals surface area contributed by atoms with Gasteiger partial charge in [-0.3, -0.25) is 0 Å². The fraction of sp³-hybridized carbons (Fsp3) is 0.500. The Morgan fingerprint density at radius 2 is 1.82 bits per heavy atom. The van der Waals surface area contributed by atoms with Crippen molar-refractivity contribution in [3.05, 3.63) is 29.8 Å². The second-order valence-electron chi connectivity index (χ2n) is 4.18. The van der Waals surface area contributed by atoms with Crippen molar-refractivity contribution in [3.8, 4) is 5.75 Å². The summed E-state index contributed by atoms with van der Waals surface area (Å²) in [5, 5.41) is 9.84. The zero-order valence-corrected chi connectivity index (χ0v) is 9.81. The first-order valence-electron chi connectivity index (χ1n) is 5.41. The van der Waals surface area contributed by atoms with Crippen LogP contribution < -0.4 is 10.5 Å². The Morgan fingerprint density at radius 3 is 2.35 bits per heavy atom. The fourth-order valence-electron chi connectivity index (χ4n) is 1.56. The Hall–Kier alpha value is -1.20. The highest BCUT2D eigenvalue weighted by Gasteiger charge is 2.23. The third-order valence-corrected chi connectivity index (χ3v) is 2.55. The van der Waals surface area contributed by atoms with E-state index in [1.807, 2.05) is 0 Å². The summed E-state index contributed by atoms with van der Waals surface area (Å²) in [6.45, 7) is 0.710. The van der Waals surface area contributed by atoms with E-state index < -0.39 is 18.8 Å². The number of ether oxygens (including phenoxy) is 1. The third kappa shape index (κ3) is 3.64. The van der Waals surface area contributed by atoms with Crippen LogP contribution in [0.15, 0.2) is 24.3 Å². The van der Waals surface area contributed by atoms with Gasteiger partial charge in [-0.05, 0) is 12.0 Å². The zero-order chi connectivity index (χ0) is 13.0. The number of aliphatic hydroxyl groups is 1. The smallest absolute Gasteiger partial charge is 0.387 e. The number of nitrogens with two attached hydrogens (primary N) is 1. The van der Waals surface area contributed by atoms with Gasteiger partial charge in [-0.15, -0.1) is 0 Å². The predicted octanol–water partition coefficient (Wildman–Crippen LogP) is 2.30. The van der Waals surface area contributed by atoms with E-state index in [1.165, 1.54) is 6.07 Å². The van der Waals surface area contributed by atoms with Crippen molar-refractivity contribution in [3.63, 3.8) is 0 Å². The minimum atomic E-state index is -2.90. The monoisotopic (exact) mass is 245 g/mol. The molecule has 0 aromatic heterocycles. The molecule has 0 saturated carbocycles. The molecule has 0 unspecified atom stereocenters. The molecule has 0 spiro atoms. The van der Waals surface area contributed by atoms with E-state index >= 15 is 0 Å². The first-order valence-corrected chi connectivity index (χ1v) is 5.41. The lowest BCUT2D eigenvalue weighted by Crippen LogP contribution is -2.31. The molecule has 0 bridgehead atoms. The number of para-hydroxylation sites is 1. The summed E-state index contributed by atoms with van der Waals surface area (Å²) >= 11 is 0. The Morgan fingerprint density at radius 1 is 1.24 bits per heavy atom. The summed E-state index contributed by atoms with van der Waals surface area (Å²) in [6.07, 6.45) is -0.808. The van der Waals surface area contributed by atoms with E-state index in [0.717, 1.165) is 0 Å². The molecular formula is C12H17F2NO2. The number of hydrogen-bond donors (Lipinski definition) is 2. The quantitative estimate of drug-likeness (QED) is 0.837. The average molecular weight is 245 g/mol. The average Bonchev–Trinajstić information content (AvgIpc) is 2.27. The molecule has 0 radical (unpaired) electrons. The number of rotatable bonds is 5. The molecular weight excluding hydrogens is 228 g/mol. The van der Waals surface area contributed by atoms with Crippen molar-refractivity contribution in [1.82, 2.24) is 0 Å². The molecule has 0 saturated heterocycles. The molecule has 5 heteroatoms. The van der Waals surface area contributed by atoms with Gasteiger partial charge in [-0.2, -0.15) is 8.78 Å². The molecule has 3 N–H and O–H groups in total. The minimum absolute atomic E-state index is 0.00898. The molecule has 0 aliphatic heterocycles. The minimum Gasteiger partial charge on any atom is -0.434 e. The van der Waals surface area contributed by atoms with Crippen LogP contribution in [0.3, 0.4) is 0 Å². The molecule has 0 amide bonds. The van der Waals surface area contributed by atoms with Gasteiger partial charge in [0, 0.05) is 5.56 Å². The zero-order valence-electron chi connectivity index (χ0n) is 9.81. The van der Waals surface area contributed by atoms with Gasteiger partial charge >= 0.3 is 6.61 Å². The van der Waals surface area contributed by atoms with E-state index in [4.69, 9.17) is 5.73 Å². The van der Waals surface area contributed by atoms with Crippen LogP contribution in [0.2, 0.25) is 0 Å². The van der Waals surface area contributed by atoms with Crippen molar-refractivity contribution < 1.29 is 18.6 Å². The lowest BCUT2D eigenvalue weighted by molar-refractivity contribution is -0.0512. The number of benzene rings is 1. The van der Waals surface area contributed by atoms with Crippen molar-refractivity contribution >= 4 is 0 Å². The Bertz CT molecular complexity index is 358. The maximum atomic E-state index is 12.2. The van der Waals surface area contributed by atoms with E-state index in [-0.39, 0.29) is 11.7 Å². The molecule has 0 aliphatic rings. The molecule has 2 atom stereocenters. The summed E-state index contributed by atoms with van der Waals surface area (Å²) in [5.41, 5.74) is 6.22. The first kappa shape index (κ1) is 13.9. The summed E-state index contributed by atoms with van der Waals surface area (Å²) in [5.74, 6) is -0.0562. The second-order valence-corrected chi connectivity index (χ2v) is 4.18. The maximum absolute atomic E-state index is 12.2. The lowest BCUT2D eigenvalue weighted by atomic mass is 9.94. The molecule has 1 aromatic rings. The molecule has 1 rings (SSSR count). The van der Waals surface area contributed by atoms with Crippen LogP contribution in [-0.4, -0.2) is 17.8 Å². The van der Waals surface area contributed by atoms with E-state index in [9.17, 15) is 13.9 Å². The van der Waals surface area contributed by atoms with Crippen molar-refractivity contribution in [2.24, 2.45) is 11.7 Å². The molecule has 1 aromatic carbocycles. The van der Waals surface area contributed by atoms with Gasteiger partial charge in [-0.25, -0.2) is 0 Å². The molecule has 0 fully saturated rings. The largest absolute Gasteiger partial charge is 0.434 e. The van der Waals surface area contributed by atoms with E-state index in [2.05, 4.69) is 4.74 Å². The van der Waals surface area contributed by atoms with E-state index in [0.29, 0.717) is 5.56 Å². The van der Waals surface area contributed by atoms with Crippen LogP contribution >= 0.6 is 0 Å². The van der Waals surface area contributed by atoms with Gasteiger partial charge in [0.15, 0.2) is 0 Å². The van der Waals surface area contributed by atoms with Gasteiger partial charge in [0.2, 0.25) is 0 Å². The van der Waals surface area contributed by atoms with Gasteiger partial charge in [0.25, 0.3) is 0 Å². The van der Waals surface area contributed by atoms with Crippen molar-refractivity contribution in [2.75, 3.05) is 0 Å². The molecule has 96 valence electrons. The second kappa shape index (κ2) is 5.93. The van der Waals surface area contributed by atoms with Crippen LogP contribution in [-0.2, 0) is 0 Å². The fourth-order valence-corrected chi connectivity index (χ4v) is 1.56. The summed E-state index contributed by atoms with van der Waals surface area (Å²) in [6, 6.07) is 5.49. The Balaban J connectivity index is 2.96. The highest BCUT2D eigenvalue weighted by Crippen LogP contribution is 2.29. The van der Waals surface area contributed by atoms with Gasteiger partial charge in [0.1, 0.15) is 5.75 Å². The predicted molar refractivity (Wildman–Crippen MR) is 60.8 cm³/mol. The summed E-state index contributed by atoms with van der Waals surface area (Å²) in [4.78, 5) is 0. The number of halogens is 2. The highest BCUT2D eigenvalue weighted by atomic mass is 19.3. The summed E-state index contributed by atoms with van der Waals surface area (Å²) in [7, 11) is 0.